The van der Waals surface area contributed by atoms with Crippen LogP contribution >= 0.6 is 78.3 Å². The number of β-lactam (4-membered cyclic amide) rings is 1. The first-order valence-electron chi connectivity index (χ1n) is 10.7. The number of fused-ring (bicyclic) bond motifs is 1. The third kappa shape index (κ3) is 3.99. The minimum atomic E-state index is -1.17. The fourth-order valence-corrected chi connectivity index (χ4v) is 6.43. The van der Waals surface area contributed by atoms with Gasteiger partial charge < -0.3 is 9.64 Å². The molecule has 12 heteroatoms. The molecular weight excluding hydrogens is 694 g/mol. The van der Waals surface area contributed by atoms with Crippen LogP contribution < -0.4 is 9.64 Å². The zero-order valence-corrected chi connectivity index (χ0v) is 25.1. The molecule has 0 aromatic heterocycles. The summed E-state index contributed by atoms with van der Waals surface area (Å²) in [5.41, 5.74) is 1.84. The van der Waals surface area contributed by atoms with Crippen LogP contribution in [0.4, 0.5) is 5.69 Å². The Bertz CT molecular complexity index is 1500. The highest BCUT2D eigenvalue weighted by molar-refractivity contribution is 9.10. The standard InChI is InChI=1S/C25H14Br2Cl4N2O4/c1-9-7-11(4-5-12(9)26)32-21(10-3-6-14(37-2)13(27)8-10)22(25(32)36)33-23(34)15-16(24(33)35)18(29)20(31)19(30)17(15)28/h3-8,21-22H,1-2H3. The van der Waals surface area contributed by atoms with Crippen molar-refractivity contribution >= 4 is 102 Å². The topological polar surface area (TPSA) is 66.9 Å². The third-order valence-corrected chi connectivity index (χ3v) is 9.73. The Morgan fingerprint density at radius 3 is 1.86 bits per heavy atom. The number of ether oxygens (including phenoxy) is 1. The molecule has 6 nitrogen and oxygen atoms in total. The summed E-state index contributed by atoms with van der Waals surface area (Å²) >= 11 is 31.9. The van der Waals surface area contributed by atoms with Crippen molar-refractivity contribution in [2.24, 2.45) is 0 Å². The summed E-state index contributed by atoms with van der Waals surface area (Å²) in [7, 11) is 1.54. The molecule has 0 aliphatic carbocycles. The van der Waals surface area contributed by atoms with Crippen molar-refractivity contribution < 1.29 is 19.1 Å². The Kier molecular flexibility index (Phi) is 7.05. The van der Waals surface area contributed by atoms with E-state index in [1.54, 1.807) is 29.2 Å². The fraction of sp³-hybridized carbons (Fsp3) is 0.160. The van der Waals surface area contributed by atoms with Gasteiger partial charge in [0.05, 0.1) is 48.8 Å². The molecule has 2 heterocycles. The predicted molar refractivity (Wildman–Crippen MR) is 151 cm³/mol. The van der Waals surface area contributed by atoms with Crippen LogP contribution in [0.25, 0.3) is 0 Å². The first-order chi connectivity index (χ1) is 17.5. The van der Waals surface area contributed by atoms with E-state index in [0.717, 1.165) is 14.9 Å². The van der Waals surface area contributed by atoms with E-state index in [2.05, 4.69) is 31.9 Å². The van der Waals surface area contributed by atoms with Crippen LogP contribution in [0, 0.1) is 6.92 Å². The van der Waals surface area contributed by atoms with Crippen LogP contribution in [0.15, 0.2) is 45.3 Å². The fourth-order valence-electron chi connectivity index (χ4n) is 4.61. The van der Waals surface area contributed by atoms with Gasteiger partial charge in [0.15, 0.2) is 0 Å². The Morgan fingerprint density at radius 1 is 0.757 bits per heavy atom. The summed E-state index contributed by atoms with van der Waals surface area (Å²) in [5.74, 6) is -1.40. The molecule has 3 aromatic rings. The maximum absolute atomic E-state index is 13.7. The first-order valence-corrected chi connectivity index (χ1v) is 13.8. The summed E-state index contributed by atoms with van der Waals surface area (Å²) in [6, 6.07) is 8.89. The SMILES string of the molecule is COc1ccc(C2C(N3C(=O)c4c(Cl)c(Cl)c(Cl)c(Cl)c4C3=O)C(=O)N2c2ccc(Br)c(C)c2)cc1Br. The second-order valence-electron chi connectivity index (χ2n) is 8.41. The molecule has 0 radical (unpaired) electrons. The molecule has 2 aliphatic heterocycles. The maximum atomic E-state index is 13.7. The molecule has 1 saturated heterocycles. The summed E-state index contributed by atoms with van der Waals surface area (Å²) in [6.45, 7) is 1.90. The number of nitrogens with zero attached hydrogens (tertiary/aromatic N) is 2. The van der Waals surface area contributed by atoms with Crippen LogP contribution in [0.1, 0.15) is 37.9 Å². The summed E-state index contributed by atoms with van der Waals surface area (Å²) in [4.78, 5) is 43.3. The number of imide groups is 1. The molecule has 3 amide bonds. The molecule has 2 unspecified atom stereocenters. The van der Waals surface area contributed by atoms with Crippen LogP contribution in [0.5, 0.6) is 5.75 Å². The Labute approximate surface area is 248 Å². The van der Waals surface area contributed by atoms with E-state index >= 15 is 0 Å². The minimum Gasteiger partial charge on any atom is -0.496 e. The Morgan fingerprint density at radius 2 is 1.35 bits per heavy atom. The van der Waals surface area contributed by atoms with Crippen molar-refractivity contribution in [3.05, 3.63) is 87.7 Å². The number of halogens is 6. The average molecular weight is 708 g/mol. The number of benzene rings is 3. The molecule has 3 aromatic carbocycles. The number of anilines is 1. The number of amides is 3. The van der Waals surface area contributed by atoms with Crippen molar-refractivity contribution in [1.29, 1.82) is 0 Å². The molecule has 0 N–H and O–H groups in total. The second kappa shape index (κ2) is 9.74. The molecule has 2 atom stereocenters. The van der Waals surface area contributed by atoms with Gasteiger partial charge in [0.1, 0.15) is 11.8 Å². The molecular formula is C25H14Br2Cl4N2O4. The maximum Gasteiger partial charge on any atom is 0.264 e. The lowest BCUT2D eigenvalue weighted by Crippen LogP contribution is -2.67. The molecule has 0 saturated carbocycles. The Balaban J connectivity index is 1.65. The molecule has 0 spiro atoms. The summed E-state index contributed by atoms with van der Waals surface area (Å²) in [6.07, 6.45) is 0. The van der Waals surface area contributed by atoms with E-state index in [1.165, 1.54) is 7.11 Å². The number of methoxy groups -OCH3 is 1. The van der Waals surface area contributed by atoms with Gasteiger partial charge in [-0.05, 0) is 64.3 Å². The zero-order valence-electron chi connectivity index (χ0n) is 18.9. The van der Waals surface area contributed by atoms with E-state index in [1.807, 2.05) is 19.1 Å². The average Bonchev–Trinajstić information content (AvgIpc) is 3.12. The Hall–Kier alpha value is -1.81. The van der Waals surface area contributed by atoms with Gasteiger partial charge in [-0.1, -0.05) is 68.4 Å². The van der Waals surface area contributed by atoms with Crippen LogP contribution in [0.2, 0.25) is 20.1 Å². The smallest absolute Gasteiger partial charge is 0.264 e. The monoisotopic (exact) mass is 704 g/mol. The normalized spacial score (nSPS) is 18.9. The van der Waals surface area contributed by atoms with Gasteiger partial charge in [-0.3, -0.25) is 19.3 Å². The van der Waals surface area contributed by atoms with E-state index in [-0.39, 0.29) is 31.2 Å². The molecule has 37 heavy (non-hydrogen) atoms. The lowest BCUT2D eigenvalue weighted by Gasteiger charge is -2.50. The van der Waals surface area contributed by atoms with E-state index in [4.69, 9.17) is 51.1 Å². The van der Waals surface area contributed by atoms with Gasteiger partial charge in [0, 0.05) is 10.2 Å². The number of hydrogen-bond donors (Lipinski definition) is 0. The molecule has 2 aliphatic rings. The highest BCUT2D eigenvalue weighted by Gasteiger charge is 2.58. The number of carbonyl (C=O) groups excluding carboxylic acids is 3. The minimum absolute atomic E-state index is 0.141. The van der Waals surface area contributed by atoms with Gasteiger partial charge in [-0.25, -0.2) is 0 Å². The highest BCUT2D eigenvalue weighted by atomic mass is 79.9. The van der Waals surface area contributed by atoms with Crippen LogP contribution in [-0.2, 0) is 4.79 Å². The van der Waals surface area contributed by atoms with Gasteiger partial charge in [0.2, 0.25) is 0 Å². The van der Waals surface area contributed by atoms with E-state index < -0.39 is 29.8 Å². The van der Waals surface area contributed by atoms with Gasteiger partial charge in [0.25, 0.3) is 17.7 Å². The van der Waals surface area contributed by atoms with Crippen molar-refractivity contribution in [2.75, 3.05) is 12.0 Å². The quantitative estimate of drug-likeness (QED) is 0.120. The predicted octanol–water partition coefficient (Wildman–Crippen LogP) is 7.89. The number of aryl methyl sites for hydroxylation is 1. The van der Waals surface area contributed by atoms with Crippen molar-refractivity contribution in [2.45, 2.75) is 19.0 Å². The molecule has 0 bridgehead atoms. The number of hydrogen-bond acceptors (Lipinski definition) is 4. The number of carbonyl (C=O) groups is 3. The van der Waals surface area contributed by atoms with Crippen molar-refractivity contribution in [3.8, 4) is 5.75 Å². The summed E-state index contributed by atoms with van der Waals surface area (Å²) < 4.78 is 6.86. The molecule has 1 fully saturated rings. The van der Waals surface area contributed by atoms with Crippen molar-refractivity contribution in [1.82, 2.24) is 4.90 Å². The lowest BCUT2D eigenvalue weighted by atomic mass is 9.86. The molecule has 190 valence electrons. The van der Waals surface area contributed by atoms with Gasteiger partial charge >= 0.3 is 0 Å². The van der Waals surface area contributed by atoms with Gasteiger partial charge in [-0.2, -0.15) is 0 Å². The largest absolute Gasteiger partial charge is 0.496 e. The van der Waals surface area contributed by atoms with Crippen LogP contribution in [0.3, 0.4) is 0 Å². The highest BCUT2D eigenvalue weighted by Crippen LogP contribution is 2.49. The third-order valence-electron chi connectivity index (χ3n) is 6.42. The van der Waals surface area contributed by atoms with Gasteiger partial charge in [-0.15, -0.1) is 0 Å². The second-order valence-corrected chi connectivity index (χ2v) is 11.6. The zero-order chi connectivity index (χ0) is 26.9. The number of rotatable bonds is 4. The van der Waals surface area contributed by atoms with Crippen molar-refractivity contribution in [3.63, 3.8) is 0 Å². The summed E-state index contributed by atoms with van der Waals surface area (Å²) in [5, 5.41) is -0.666. The van der Waals surface area contributed by atoms with Crippen LogP contribution in [-0.4, -0.2) is 35.8 Å². The lowest BCUT2D eigenvalue weighted by molar-refractivity contribution is -0.130. The molecule has 5 rings (SSSR count). The van der Waals surface area contributed by atoms with E-state index in [0.29, 0.717) is 21.5 Å². The van der Waals surface area contributed by atoms with E-state index in [9.17, 15) is 14.4 Å². The first kappa shape index (κ1) is 26.8.